The van der Waals surface area contributed by atoms with Gasteiger partial charge in [0.25, 0.3) is 0 Å². The molecule has 0 amide bonds. The summed E-state index contributed by atoms with van der Waals surface area (Å²) in [5.74, 6) is 0. The van der Waals surface area contributed by atoms with Crippen LogP contribution in [-0.4, -0.2) is 11.7 Å². The number of aliphatic hydroxyl groups is 1. The lowest BCUT2D eigenvalue weighted by atomic mass is 10.1. The maximum absolute atomic E-state index is 9.14. The van der Waals surface area contributed by atoms with E-state index in [0.717, 1.165) is 16.9 Å². The van der Waals surface area contributed by atoms with Crippen molar-refractivity contribution < 1.29 is 5.11 Å². The minimum absolute atomic E-state index is 0.158. The number of para-hydroxylation sites is 1. The van der Waals surface area contributed by atoms with Crippen LogP contribution in [0, 0.1) is 0 Å². The molecular weight excluding hydrogens is 270 g/mol. The lowest BCUT2D eigenvalue weighted by Gasteiger charge is -2.12. The van der Waals surface area contributed by atoms with E-state index in [1.165, 1.54) is 11.1 Å². The van der Waals surface area contributed by atoms with Crippen molar-refractivity contribution in [2.24, 2.45) is 0 Å². The molecule has 0 fully saturated rings. The van der Waals surface area contributed by atoms with Crippen LogP contribution in [0.25, 0.3) is 11.1 Å². The summed E-state index contributed by atoms with van der Waals surface area (Å²) < 4.78 is 0. The van der Waals surface area contributed by atoms with Crippen LogP contribution in [0.5, 0.6) is 0 Å². The molecule has 3 rings (SSSR count). The van der Waals surface area contributed by atoms with E-state index in [9.17, 15) is 0 Å². The van der Waals surface area contributed by atoms with Crippen molar-refractivity contribution in [3.63, 3.8) is 0 Å². The number of nitrogens with one attached hydrogen (secondary N) is 1. The Bertz CT molecular complexity index is 720. The van der Waals surface area contributed by atoms with Crippen molar-refractivity contribution in [1.29, 1.82) is 0 Å². The first kappa shape index (κ1) is 14.4. The van der Waals surface area contributed by atoms with Gasteiger partial charge < -0.3 is 10.4 Å². The van der Waals surface area contributed by atoms with Crippen molar-refractivity contribution in [2.45, 2.75) is 6.42 Å². The standard InChI is InChI=1S/C20H19NO/c22-15-14-18-8-4-5-9-20(18)21-19-12-10-17(11-13-19)16-6-2-1-3-7-16/h1-13,21-22H,14-15H2. The van der Waals surface area contributed by atoms with Gasteiger partial charge in [0.15, 0.2) is 0 Å². The second kappa shape index (κ2) is 6.92. The van der Waals surface area contributed by atoms with E-state index >= 15 is 0 Å². The maximum atomic E-state index is 9.14. The van der Waals surface area contributed by atoms with E-state index in [1.807, 2.05) is 42.5 Å². The van der Waals surface area contributed by atoms with Crippen LogP contribution in [0.2, 0.25) is 0 Å². The first-order valence-electron chi connectivity index (χ1n) is 7.48. The molecule has 0 spiro atoms. The molecule has 0 aliphatic carbocycles. The second-order valence-electron chi connectivity index (χ2n) is 5.20. The van der Waals surface area contributed by atoms with Gasteiger partial charge in [0.2, 0.25) is 0 Å². The van der Waals surface area contributed by atoms with E-state index in [4.69, 9.17) is 5.11 Å². The Balaban J connectivity index is 1.80. The average molecular weight is 289 g/mol. The summed E-state index contributed by atoms with van der Waals surface area (Å²) in [5, 5.41) is 12.6. The first-order chi connectivity index (χ1) is 10.9. The summed E-state index contributed by atoms with van der Waals surface area (Å²) in [5.41, 5.74) is 5.63. The fraction of sp³-hybridized carbons (Fsp3) is 0.100. The largest absolute Gasteiger partial charge is 0.396 e. The van der Waals surface area contributed by atoms with Gasteiger partial charge in [-0.15, -0.1) is 0 Å². The fourth-order valence-corrected chi connectivity index (χ4v) is 2.51. The normalized spacial score (nSPS) is 10.4. The van der Waals surface area contributed by atoms with E-state index < -0.39 is 0 Å². The third-order valence-electron chi connectivity index (χ3n) is 3.67. The summed E-state index contributed by atoms with van der Waals surface area (Å²) in [6, 6.07) is 26.8. The highest BCUT2D eigenvalue weighted by atomic mass is 16.2. The Kier molecular flexibility index (Phi) is 4.52. The molecule has 0 aliphatic rings. The zero-order chi connectivity index (χ0) is 15.2. The van der Waals surface area contributed by atoms with Gasteiger partial charge in [0, 0.05) is 18.0 Å². The molecule has 0 heterocycles. The van der Waals surface area contributed by atoms with Gasteiger partial charge >= 0.3 is 0 Å². The Morgan fingerprint density at radius 1 is 0.682 bits per heavy atom. The number of hydrogen-bond donors (Lipinski definition) is 2. The van der Waals surface area contributed by atoms with E-state index in [-0.39, 0.29) is 6.61 Å². The highest BCUT2D eigenvalue weighted by Gasteiger charge is 2.02. The number of rotatable bonds is 5. The molecule has 0 atom stereocenters. The third kappa shape index (κ3) is 3.35. The predicted octanol–water partition coefficient (Wildman–Crippen LogP) is 4.63. The van der Waals surface area contributed by atoms with Crippen molar-refractivity contribution in [2.75, 3.05) is 11.9 Å². The van der Waals surface area contributed by atoms with Gasteiger partial charge in [-0.05, 0) is 41.3 Å². The molecule has 0 saturated carbocycles. The second-order valence-corrected chi connectivity index (χ2v) is 5.20. The minimum Gasteiger partial charge on any atom is -0.396 e. The molecule has 2 N–H and O–H groups in total. The zero-order valence-corrected chi connectivity index (χ0v) is 12.4. The van der Waals surface area contributed by atoms with Crippen molar-refractivity contribution in [3.8, 4) is 11.1 Å². The molecular formula is C20H19NO. The molecule has 22 heavy (non-hydrogen) atoms. The molecule has 0 radical (unpaired) electrons. The molecule has 2 nitrogen and oxygen atoms in total. The van der Waals surface area contributed by atoms with E-state index in [2.05, 4.69) is 41.7 Å². The SMILES string of the molecule is OCCc1ccccc1Nc1ccc(-c2ccccc2)cc1. The van der Waals surface area contributed by atoms with Gasteiger partial charge in [-0.2, -0.15) is 0 Å². The minimum atomic E-state index is 0.158. The van der Waals surface area contributed by atoms with Crippen molar-refractivity contribution in [3.05, 3.63) is 84.4 Å². The van der Waals surface area contributed by atoms with Crippen LogP contribution in [-0.2, 0) is 6.42 Å². The number of anilines is 2. The summed E-state index contributed by atoms with van der Waals surface area (Å²) in [4.78, 5) is 0. The maximum Gasteiger partial charge on any atom is 0.0472 e. The molecule has 0 unspecified atom stereocenters. The van der Waals surface area contributed by atoms with Gasteiger partial charge in [0.1, 0.15) is 0 Å². The van der Waals surface area contributed by atoms with E-state index in [0.29, 0.717) is 6.42 Å². The van der Waals surface area contributed by atoms with Gasteiger partial charge in [-0.3, -0.25) is 0 Å². The van der Waals surface area contributed by atoms with Crippen molar-refractivity contribution >= 4 is 11.4 Å². The molecule has 3 aromatic carbocycles. The highest BCUT2D eigenvalue weighted by Crippen LogP contribution is 2.25. The Hall–Kier alpha value is -2.58. The molecule has 0 saturated heterocycles. The van der Waals surface area contributed by atoms with Gasteiger partial charge in [-0.1, -0.05) is 60.7 Å². The highest BCUT2D eigenvalue weighted by molar-refractivity contribution is 5.69. The van der Waals surface area contributed by atoms with Gasteiger partial charge in [0.05, 0.1) is 0 Å². The van der Waals surface area contributed by atoms with Gasteiger partial charge in [-0.25, -0.2) is 0 Å². The molecule has 0 aliphatic heterocycles. The zero-order valence-electron chi connectivity index (χ0n) is 12.4. The summed E-state index contributed by atoms with van der Waals surface area (Å²) >= 11 is 0. The van der Waals surface area contributed by atoms with Crippen LogP contribution >= 0.6 is 0 Å². The van der Waals surface area contributed by atoms with E-state index in [1.54, 1.807) is 0 Å². The Morgan fingerprint density at radius 2 is 1.32 bits per heavy atom. The third-order valence-corrected chi connectivity index (χ3v) is 3.67. The quantitative estimate of drug-likeness (QED) is 0.717. The molecule has 0 bridgehead atoms. The number of hydrogen-bond acceptors (Lipinski definition) is 2. The molecule has 110 valence electrons. The topological polar surface area (TPSA) is 32.3 Å². The van der Waals surface area contributed by atoms with Crippen molar-refractivity contribution in [1.82, 2.24) is 0 Å². The monoisotopic (exact) mass is 289 g/mol. The summed E-state index contributed by atoms with van der Waals surface area (Å²) in [7, 11) is 0. The lowest BCUT2D eigenvalue weighted by molar-refractivity contribution is 0.300. The summed E-state index contributed by atoms with van der Waals surface area (Å²) in [6.45, 7) is 0.158. The summed E-state index contributed by atoms with van der Waals surface area (Å²) in [6.07, 6.45) is 0.658. The fourth-order valence-electron chi connectivity index (χ4n) is 2.51. The van der Waals surface area contributed by atoms with Crippen LogP contribution in [0.4, 0.5) is 11.4 Å². The number of benzene rings is 3. The molecule has 2 heteroatoms. The predicted molar refractivity (Wildman–Crippen MR) is 92.4 cm³/mol. The molecule has 3 aromatic rings. The Morgan fingerprint density at radius 3 is 2.05 bits per heavy atom. The van der Waals surface area contributed by atoms with Crippen LogP contribution in [0.1, 0.15) is 5.56 Å². The smallest absolute Gasteiger partial charge is 0.0472 e. The first-order valence-corrected chi connectivity index (χ1v) is 7.48. The van der Waals surface area contributed by atoms with Crippen LogP contribution < -0.4 is 5.32 Å². The number of aliphatic hydroxyl groups excluding tert-OH is 1. The van der Waals surface area contributed by atoms with Crippen LogP contribution in [0.3, 0.4) is 0 Å². The lowest BCUT2D eigenvalue weighted by Crippen LogP contribution is -1.98. The Labute approximate surface area is 131 Å². The van der Waals surface area contributed by atoms with Crippen LogP contribution in [0.15, 0.2) is 78.9 Å². The average Bonchev–Trinajstić information content (AvgIpc) is 2.58. The molecule has 0 aromatic heterocycles.